The molecular formula is C23H24N4O3S. The van der Waals surface area contributed by atoms with Crippen molar-refractivity contribution in [1.29, 1.82) is 0 Å². The van der Waals surface area contributed by atoms with Crippen molar-refractivity contribution in [3.8, 4) is 0 Å². The second-order valence-corrected chi connectivity index (χ2v) is 9.36. The number of nitrogens with one attached hydrogen (secondary N) is 2. The monoisotopic (exact) mass is 436 g/mol. The number of carbonyl (C=O) groups is 2. The first kappa shape index (κ1) is 19.9. The van der Waals surface area contributed by atoms with Crippen molar-refractivity contribution >= 4 is 44.7 Å². The van der Waals surface area contributed by atoms with Crippen LogP contribution in [0.25, 0.3) is 10.2 Å². The summed E-state index contributed by atoms with van der Waals surface area (Å²) in [5.74, 6) is 0.0323. The molecule has 0 aliphatic heterocycles. The van der Waals surface area contributed by atoms with E-state index in [-0.39, 0.29) is 36.3 Å². The number of carbonyl (C=O) groups excluding carboxylic acids is 2. The van der Waals surface area contributed by atoms with Gasteiger partial charge in [0.15, 0.2) is 0 Å². The zero-order chi connectivity index (χ0) is 21.4. The predicted molar refractivity (Wildman–Crippen MR) is 122 cm³/mol. The summed E-state index contributed by atoms with van der Waals surface area (Å²) in [5.41, 5.74) is 2.49. The Bertz CT molecular complexity index is 1210. The molecule has 0 atom stereocenters. The summed E-state index contributed by atoms with van der Waals surface area (Å²) in [5, 5.41) is 6.46. The topological polar surface area (TPSA) is 93.1 Å². The largest absolute Gasteiger partial charge is 0.326 e. The van der Waals surface area contributed by atoms with Gasteiger partial charge in [-0.3, -0.25) is 19.0 Å². The fraction of sp³-hybridized carbons (Fsp3) is 0.391. The van der Waals surface area contributed by atoms with Gasteiger partial charge in [-0.1, -0.05) is 0 Å². The molecule has 2 N–H and O–H groups in total. The number of hydrogen-bond donors (Lipinski definition) is 2. The van der Waals surface area contributed by atoms with E-state index in [9.17, 15) is 14.4 Å². The molecule has 0 bridgehead atoms. The third-order valence-corrected chi connectivity index (χ3v) is 7.11. The molecule has 0 saturated heterocycles. The fourth-order valence-electron chi connectivity index (χ4n) is 4.01. The van der Waals surface area contributed by atoms with Crippen LogP contribution in [0, 0.1) is 5.92 Å². The zero-order valence-electron chi connectivity index (χ0n) is 17.1. The number of benzene rings is 1. The van der Waals surface area contributed by atoms with Gasteiger partial charge < -0.3 is 10.6 Å². The Morgan fingerprint density at radius 2 is 1.77 bits per heavy atom. The number of thiophene rings is 1. The summed E-state index contributed by atoms with van der Waals surface area (Å²) in [4.78, 5) is 43.8. The Kier molecular flexibility index (Phi) is 5.31. The number of aromatic nitrogens is 2. The van der Waals surface area contributed by atoms with Crippen LogP contribution >= 0.6 is 11.3 Å². The maximum absolute atomic E-state index is 13.0. The lowest BCUT2D eigenvalue weighted by atomic mass is 9.97. The minimum absolute atomic E-state index is 0.0482. The van der Waals surface area contributed by atoms with Gasteiger partial charge in [0, 0.05) is 35.1 Å². The van der Waals surface area contributed by atoms with Gasteiger partial charge in [0.05, 0.1) is 11.7 Å². The lowest BCUT2D eigenvalue weighted by Crippen LogP contribution is -2.24. The summed E-state index contributed by atoms with van der Waals surface area (Å²) in [6.45, 7) is 0.285. The Balaban J connectivity index is 1.21. The fourth-order valence-corrected chi connectivity index (χ4v) is 5.23. The van der Waals surface area contributed by atoms with Crippen LogP contribution in [-0.4, -0.2) is 21.4 Å². The Morgan fingerprint density at radius 1 is 1.06 bits per heavy atom. The zero-order valence-corrected chi connectivity index (χ0v) is 18.0. The molecule has 2 aromatic heterocycles. The van der Waals surface area contributed by atoms with Crippen molar-refractivity contribution in [2.75, 3.05) is 10.6 Å². The lowest BCUT2D eigenvalue weighted by molar-refractivity contribution is -0.117. The number of hydrogen-bond acceptors (Lipinski definition) is 5. The molecule has 2 aliphatic carbocycles. The van der Waals surface area contributed by atoms with Gasteiger partial charge >= 0.3 is 0 Å². The quantitative estimate of drug-likeness (QED) is 0.616. The van der Waals surface area contributed by atoms with Crippen molar-refractivity contribution in [2.45, 2.75) is 51.5 Å². The van der Waals surface area contributed by atoms with E-state index in [1.807, 2.05) is 0 Å². The first-order chi connectivity index (χ1) is 15.1. The van der Waals surface area contributed by atoms with E-state index in [2.05, 4.69) is 15.6 Å². The van der Waals surface area contributed by atoms with E-state index in [0.717, 1.165) is 53.6 Å². The Morgan fingerprint density at radius 3 is 2.52 bits per heavy atom. The van der Waals surface area contributed by atoms with Gasteiger partial charge in [0.25, 0.3) is 5.56 Å². The van der Waals surface area contributed by atoms with Crippen LogP contribution in [0.2, 0.25) is 0 Å². The summed E-state index contributed by atoms with van der Waals surface area (Å²) in [6.07, 6.45) is 7.90. The molecule has 0 spiro atoms. The van der Waals surface area contributed by atoms with E-state index < -0.39 is 0 Å². The number of amides is 2. The van der Waals surface area contributed by atoms with Gasteiger partial charge in [0.2, 0.25) is 11.8 Å². The summed E-state index contributed by atoms with van der Waals surface area (Å²) in [6, 6.07) is 7.07. The average Bonchev–Trinajstić information content (AvgIpc) is 3.55. The highest BCUT2D eigenvalue weighted by Gasteiger charge is 2.29. The van der Waals surface area contributed by atoms with Crippen LogP contribution in [0.15, 0.2) is 35.4 Å². The summed E-state index contributed by atoms with van der Waals surface area (Å²) >= 11 is 1.63. The van der Waals surface area contributed by atoms with Gasteiger partial charge in [-0.2, -0.15) is 0 Å². The SMILES string of the molecule is O=C(CCn1cnc2sc3c(c2c1=O)CCCC3)Nc1ccc(NC(=O)C2CC2)cc1. The predicted octanol–water partition coefficient (Wildman–Crippen LogP) is 3.71. The third-order valence-electron chi connectivity index (χ3n) is 5.91. The second kappa shape index (κ2) is 8.26. The van der Waals surface area contributed by atoms with E-state index in [0.29, 0.717) is 5.69 Å². The molecule has 0 radical (unpaired) electrons. The van der Waals surface area contributed by atoms with Crippen LogP contribution in [0.3, 0.4) is 0 Å². The first-order valence-electron chi connectivity index (χ1n) is 10.8. The molecule has 2 aliphatic rings. The van der Waals surface area contributed by atoms with Crippen molar-refractivity contribution in [1.82, 2.24) is 9.55 Å². The number of aryl methyl sites for hydroxylation is 3. The van der Waals surface area contributed by atoms with Crippen molar-refractivity contribution < 1.29 is 9.59 Å². The highest BCUT2D eigenvalue weighted by molar-refractivity contribution is 7.18. The lowest BCUT2D eigenvalue weighted by Gasteiger charge is -2.11. The molecule has 7 nitrogen and oxygen atoms in total. The second-order valence-electron chi connectivity index (χ2n) is 8.27. The van der Waals surface area contributed by atoms with Gasteiger partial charge in [-0.05, 0) is 68.4 Å². The number of fused-ring (bicyclic) bond motifs is 3. The van der Waals surface area contributed by atoms with Crippen molar-refractivity contribution in [2.24, 2.45) is 5.92 Å². The molecule has 5 rings (SSSR count). The van der Waals surface area contributed by atoms with Crippen LogP contribution in [0.4, 0.5) is 11.4 Å². The minimum atomic E-state index is -0.172. The normalized spacial score (nSPS) is 15.5. The summed E-state index contributed by atoms with van der Waals surface area (Å²) < 4.78 is 1.54. The molecule has 1 fully saturated rings. The Labute approximate surface area is 183 Å². The van der Waals surface area contributed by atoms with Crippen LogP contribution < -0.4 is 16.2 Å². The molecule has 31 heavy (non-hydrogen) atoms. The maximum atomic E-state index is 13.0. The molecular weight excluding hydrogens is 412 g/mol. The highest BCUT2D eigenvalue weighted by Crippen LogP contribution is 2.33. The highest BCUT2D eigenvalue weighted by atomic mass is 32.1. The van der Waals surface area contributed by atoms with Gasteiger partial charge in [-0.25, -0.2) is 4.98 Å². The van der Waals surface area contributed by atoms with Crippen molar-refractivity contribution in [3.63, 3.8) is 0 Å². The van der Waals surface area contributed by atoms with E-state index in [1.165, 1.54) is 11.3 Å². The van der Waals surface area contributed by atoms with Crippen LogP contribution in [0.1, 0.15) is 42.5 Å². The smallest absolute Gasteiger partial charge is 0.262 e. The van der Waals surface area contributed by atoms with E-state index in [4.69, 9.17) is 0 Å². The number of anilines is 2. The number of rotatable bonds is 6. The minimum Gasteiger partial charge on any atom is -0.326 e. The first-order valence-corrected chi connectivity index (χ1v) is 11.6. The van der Waals surface area contributed by atoms with Gasteiger partial charge in [0.1, 0.15) is 4.83 Å². The molecule has 1 saturated carbocycles. The molecule has 160 valence electrons. The standard InChI is InChI=1S/C23H24N4O3S/c28-19(25-15-7-9-16(10-8-15)26-21(29)14-5-6-14)11-12-27-13-24-22-20(23(27)30)17-3-1-2-4-18(17)31-22/h7-10,13-14H,1-6,11-12H2,(H,25,28)(H,26,29). The van der Waals surface area contributed by atoms with Crippen LogP contribution in [0.5, 0.6) is 0 Å². The molecule has 1 aromatic carbocycles. The number of nitrogens with zero attached hydrogens (tertiary/aromatic N) is 2. The average molecular weight is 437 g/mol. The Hall–Kier alpha value is -3.00. The summed E-state index contributed by atoms with van der Waals surface area (Å²) in [7, 11) is 0. The van der Waals surface area contributed by atoms with E-state index >= 15 is 0 Å². The molecule has 2 amide bonds. The van der Waals surface area contributed by atoms with E-state index in [1.54, 1.807) is 46.5 Å². The van der Waals surface area contributed by atoms with Gasteiger partial charge in [-0.15, -0.1) is 11.3 Å². The molecule has 8 heteroatoms. The van der Waals surface area contributed by atoms with Crippen LogP contribution in [-0.2, 0) is 29.0 Å². The maximum Gasteiger partial charge on any atom is 0.262 e. The third kappa shape index (κ3) is 4.25. The molecule has 0 unspecified atom stereocenters. The van der Waals surface area contributed by atoms with Crippen molar-refractivity contribution in [3.05, 3.63) is 51.4 Å². The molecule has 2 heterocycles. The molecule has 3 aromatic rings.